The smallest absolute Gasteiger partial charge is 0.243 e. The number of nitrogens with one attached hydrogen (secondary N) is 3. The molecule has 25 heavy (non-hydrogen) atoms. The Balaban J connectivity index is 2.02. The lowest BCUT2D eigenvalue weighted by Crippen LogP contribution is -2.22. The molecule has 5 nitrogen and oxygen atoms in total. The van der Waals surface area contributed by atoms with Gasteiger partial charge in [0.1, 0.15) is 0 Å². The molecule has 0 unspecified atom stereocenters. The van der Waals surface area contributed by atoms with Gasteiger partial charge in [-0.15, -0.1) is 0 Å². The maximum absolute atomic E-state index is 12.2. The van der Waals surface area contributed by atoms with E-state index in [4.69, 9.17) is 23.2 Å². The standard InChI is InChI=1S/C18H19Cl2N3O2/c1-3-17(24)22-14-5-4-6-15(11(14)2)23-18(25)10-21-16-9-12(19)7-8-13(16)20/h4-9,21H,3,10H2,1-2H3,(H,22,24)(H,23,25). The van der Waals surface area contributed by atoms with E-state index < -0.39 is 0 Å². The topological polar surface area (TPSA) is 70.2 Å². The summed E-state index contributed by atoms with van der Waals surface area (Å²) in [5, 5.41) is 9.59. The largest absolute Gasteiger partial charge is 0.375 e. The Kier molecular flexibility index (Phi) is 6.67. The van der Waals surface area contributed by atoms with Crippen LogP contribution in [0.2, 0.25) is 10.0 Å². The van der Waals surface area contributed by atoms with Gasteiger partial charge in [0.05, 0.1) is 17.3 Å². The van der Waals surface area contributed by atoms with Gasteiger partial charge in [-0.3, -0.25) is 9.59 Å². The minimum atomic E-state index is -0.238. The Morgan fingerprint density at radius 2 is 1.60 bits per heavy atom. The molecule has 0 saturated carbocycles. The Hall–Kier alpha value is -2.24. The van der Waals surface area contributed by atoms with Crippen LogP contribution >= 0.6 is 23.2 Å². The number of hydrogen-bond acceptors (Lipinski definition) is 3. The highest BCUT2D eigenvalue weighted by Crippen LogP contribution is 2.26. The summed E-state index contributed by atoms with van der Waals surface area (Å²) in [5.41, 5.74) is 2.69. The van der Waals surface area contributed by atoms with Gasteiger partial charge in [-0.2, -0.15) is 0 Å². The molecule has 0 aromatic heterocycles. The maximum Gasteiger partial charge on any atom is 0.243 e. The normalized spacial score (nSPS) is 10.2. The van der Waals surface area contributed by atoms with E-state index >= 15 is 0 Å². The zero-order chi connectivity index (χ0) is 18.4. The third-order valence-electron chi connectivity index (χ3n) is 3.57. The molecule has 0 aliphatic rings. The van der Waals surface area contributed by atoms with E-state index in [2.05, 4.69) is 16.0 Å². The first-order valence-electron chi connectivity index (χ1n) is 7.79. The fourth-order valence-electron chi connectivity index (χ4n) is 2.15. The van der Waals surface area contributed by atoms with Gasteiger partial charge in [0, 0.05) is 22.8 Å². The molecular weight excluding hydrogens is 361 g/mol. The van der Waals surface area contributed by atoms with Gasteiger partial charge in [0.15, 0.2) is 0 Å². The second-order valence-corrected chi connectivity index (χ2v) is 6.25. The lowest BCUT2D eigenvalue weighted by Gasteiger charge is -2.14. The van der Waals surface area contributed by atoms with E-state index in [1.165, 1.54) is 0 Å². The summed E-state index contributed by atoms with van der Waals surface area (Å²) in [6.45, 7) is 3.65. The van der Waals surface area contributed by atoms with Crippen molar-refractivity contribution in [2.24, 2.45) is 0 Å². The van der Waals surface area contributed by atoms with Gasteiger partial charge >= 0.3 is 0 Å². The molecule has 2 amide bonds. The number of rotatable bonds is 6. The fraction of sp³-hybridized carbons (Fsp3) is 0.222. The van der Waals surface area contributed by atoms with Crippen LogP contribution in [-0.4, -0.2) is 18.4 Å². The molecule has 0 saturated heterocycles. The fourth-order valence-corrected chi connectivity index (χ4v) is 2.50. The van der Waals surface area contributed by atoms with Crippen LogP contribution in [-0.2, 0) is 9.59 Å². The summed E-state index contributed by atoms with van der Waals surface area (Å²) >= 11 is 12.0. The number of halogens is 2. The number of hydrogen-bond donors (Lipinski definition) is 3. The van der Waals surface area contributed by atoms with Gasteiger partial charge in [-0.05, 0) is 42.8 Å². The number of benzene rings is 2. The number of anilines is 3. The van der Waals surface area contributed by atoms with Crippen molar-refractivity contribution in [2.45, 2.75) is 20.3 Å². The van der Waals surface area contributed by atoms with Gasteiger partial charge in [0.25, 0.3) is 0 Å². The predicted molar refractivity (Wildman–Crippen MR) is 104 cm³/mol. The first-order chi connectivity index (χ1) is 11.9. The van der Waals surface area contributed by atoms with Crippen molar-refractivity contribution in [1.82, 2.24) is 0 Å². The molecule has 2 aromatic carbocycles. The minimum absolute atomic E-state index is 0.0328. The Morgan fingerprint density at radius 3 is 2.24 bits per heavy atom. The van der Waals surface area contributed by atoms with E-state index in [1.807, 2.05) is 6.92 Å². The molecule has 0 spiro atoms. The molecule has 2 rings (SSSR count). The molecule has 0 aliphatic heterocycles. The van der Waals surface area contributed by atoms with Crippen molar-refractivity contribution in [2.75, 3.05) is 22.5 Å². The molecule has 7 heteroatoms. The van der Waals surface area contributed by atoms with Crippen LogP contribution in [0.25, 0.3) is 0 Å². The summed E-state index contributed by atoms with van der Waals surface area (Å²) in [6.07, 6.45) is 0.389. The second-order valence-electron chi connectivity index (χ2n) is 5.41. The Bertz CT molecular complexity index is 794. The van der Waals surface area contributed by atoms with Gasteiger partial charge < -0.3 is 16.0 Å². The second kappa shape index (κ2) is 8.74. The lowest BCUT2D eigenvalue weighted by molar-refractivity contribution is -0.116. The van der Waals surface area contributed by atoms with Crippen LogP contribution in [0.15, 0.2) is 36.4 Å². The summed E-state index contributed by atoms with van der Waals surface area (Å²) in [5.74, 6) is -0.318. The number of amides is 2. The third-order valence-corrected chi connectivity index (χ3v) is 4.14. The molecule has 2 aromatic rings. The van der Waals surface area contributed by atoms with Gasteiger partial charge in [-0.25, -0.2) is 0 Å². The van der Waals surface area contributed by atoms with Crippen LogP contribution in [0.4, 0.5) is 17.1 Å². The first-order valence-corrected chi connectivity index (χ1v) is 8.54. The van der Waals surface area contributed by atoms with Crippen molar-refractivity contribution < 1.29 is 9.59 Å². The van der Waals surface area contributed by atoms with E-state index in [9.17, 15) is 9.59 Å². The van der Waals surface area contributed by atoms with E-state index in [0.29, 0.717) is 33.5 Å². The van der Waals surface area contributed by atoms with Crippen LogP contribution in [0.5, 0.6) is 0 Å². The molecule has 0 heterocycles. The summed E-state index contributed by atoms with van der Waals surface area (Å²) < 4.78 is 0. The Labute approximate surface area is 156 Å². The summed E-state index contributed by atoms with van der Waals surface area (Å²) in [7, 11) is 0. The van der Waals surface area contributed by atoms with E-state index in [-0.39, 0.29) is 18.4 Å². The number of carbonyl (C=O) groups excluding carboxylic acids is 2. The van der Waals surface area contributed by atoms with Crippen molar-refractivity contribution in [3.05, 3.63) is 52.0 Å². The quantitative estimate of drug-likeness (QED) is 0.680. The zero-order valence-electron chi connectivity index (χ0n) is 14.0. The highest BCUT2D eigenvalue weighted by Gasteiger charge is 2.10. The van der Waals surface area contributed by atoms with E-state index in [1.54, 1.807) is 43.3 Å². The van der Waals surface area contributed by atoms with Crippen LogP contribution in [0, 0.1) is 6.92 Å². The van der Waals surface area contributed by atoms with Crippen LogP contribution in [0.1, 0.15) is 18.9 Å². The third kappa shape index (κ3) is 5.37. The minimum Gasteiger partial charge on any atom is -0.375 e. The Morgan fingerprint density at radius 1 is 0.960 bits per heavy atom. The highest BCUT2D eigenvalue weighted by molar-refractivity contribution is 6.35. The molecule has 0 aliphatic carbocycles. The van der Waals surface area contributed by atoms with Crippen molar-refractivity contribution >= 4 is 52.1 Å². The molecule has 0 radical (unpaired) electrons. The number of carbonyl (C=O) groups is 2. The van der Waals surface area contributed by atoms with Crippen molar-refractivity contribution in [3.63, 3.8) is 0 Å². The summed E-state index contributed by atoms with van der Waals surface area (Å²) in [4.78, 5) is 23.7. The predicted octanol–water partition coefficient (Wildman–Crippen LogP) is 4.70. The first kappa shape index (κ1) is 19.1. The van der Waals surface area contributed by atoms with Crippen molar-refractivity contribution in [3.8, 4) is 0 Å². The molecular formula is C18H19Cl2N3O2. The SMILES string of the molecule is CCC(=O)Nc1cccc(NC(=O)CNc2cc(Cl)ccc2Cl)c1C. The molecule has 3 N–H and O–H groups in total. The maximum atomic E-state index is 12.2. The average molecular weight is 380 g/mol. The monoisotopic (exact) mass is 379 g/mol. The summed E-state index contributed by atoms with van der Waals surface area (Å²) in [6, 6.07) is 10.3. The molecule has 0 bridgehead atoms. The van der Waals surface area contributed by atoms with Crippen LogP contribution < -0.4 is 16.0 Å². The van der Waals surface area contributed by atoms with Crippen molar-refractivity contribution in [1.29, 1.82) is 0 Å². The molecule has 0 fully saturated rings. The van der Waals surface area contributed by atoms with Crippen LogP contribution in [0.3, 0.4) is 0 Å². The van der Waals surface area contributed by atoms with Gasteiger partial charge in [0.2, 0.25) is 11.8 Å². The molecule has 132 valence electrons. The zero-order valence-corrected chi connectivity index (χ0v) is 15.5. The lowest BCUT2D eigenvalue weighted by atomic mass is 10.1. The highest BCUT2D eigenvalue weighted by atomic mass is 35.5. The van der Waals surface area contributed by atoms with Gasteiger partial charge in [-0.1, -0.05) is 36.2 Å². The van der Waals surface area contributed by atoms with E-state index in [0.717, 1.165) is 5.56 Å². The molecule has 0 atom stereocenters. The average Bonchev–Trinajstić information content (AvgIpc) is 2.59.